The van der Waals surface area contributed by atoms with Crippen molar-refractivity contribution in [2.75, 3.05) is 11.5 Å². The van der Waals surface area contributed by atoms with Gasteiger partial charge in [0.1, 0.15) is 11.9 Å². The Kier molecular flexibility index (Phi) is 10.2. The Labute approximate surface area is 238 Å². The van der Waals surface area contributed by atoms with Gasteiger partial charge in [-0.2, -0.15) is 22.0 Å². The summed E-state index contributed by atoms with van der Waals surface area (Å²) in [6.45, 7) is 1.79. The summed E-state index contributed by atoms with van der Waals surface area (Å²) in [5.74, 6) is -2.02. The predicted octanol–water partition coefficient (Wildman–Crippen LogP) is 6.75. The summed E-state index contributed by atoms with van der Waals surface area (Å²) < 4.78 is 76.6. The lowest BCUT2D eigenvalue weighted by molar-refractivity contribution is -0.185. The molecule has 0 spiro atoms. The molecular weight excluding hydrogens is 563 g/mol. The van der Waals surface area contributed by atoms with Crippen LogP contribution < -0.4 is 16.2 Å². The number of nitrogens with two attached hydrogens (primary N) is 2. The molecule has 0 aliphatic heterocycles. The number of hydrogen-bond acceptors (Lipinski definition) is 6. The van der Waals surface area contributed by atoms with Crippen LogP contribution in [0.1, 0.15) is 52.4 Å². The van der Waals surface area contributed by atoms with E-state index in [-0.39, 0.29) is 41.1 Å². The third-order valence-electron chi connectivity index (χ3n) is 6.26. The molecule has 12 heteroatoms. The molecular formula is C30H29F5N2O5. The summed E-state index contributed by atoms with van der Waals surface area (Å²) in [5, 5.41) is 9.12. The summed E-state index contributed by atoms with van der Waals surface area (Å²) in [7, 11) is 0. The molecule has 0 aliphatic rings. The molecule has 3 aromatic rings. The van der Waals surface area contributed by atoms with E-state index in [1.165, 1.54) is 54.6 Å². The average molecular weight is 593 g/mol. The van der Waals surface area contributed by atoms with E-state index in [2.05, 4.69) is 0 Å². The van der Waals surface area contributed by atoms with Gasteiger partial charge in [0.05, 0.1) is 11.1 Å². The maximum absolute atomic E-state index is 14.6. The Hall–Kier alpha value is -4.61. The molecule has 1 atom stereocenters. The summed E-state index contributed by atoms with van der Waals surface area (Å²) in [4.78, 5) is 23.6. The Morgan fingerprint density at radius 1 is 0.952 bits per heavy atom. The number of aryl methyl sites for hydroxylation is 1. The molecule has 224 valence electrons. The quantitative estimate of drug-likeness (QED) is 0.0920. The normalized spacial score (nSPS) is 12.7. The zero-order valence-electron chi connectivity index (χ0n) is 22.5. The van der Waals surface area contributed by atoms with Crippen LogP contribution in [0, 0.1) is 0 Å². The molecule has 0 radical (unpaired) electrons. The fourth-order valence-corrected chi connectivity index (χ4v) is 3.95. The number of halogens is 5. The van der Waals surface area contributed by atoms with E-state index in [9.17, 15) is 31.5 Å². The van der Waals surface area contributed by atoms with Crippen LogP contribution >= 0.6 is 0 Å². The third kappa shape index (κ3) is 9.22. The first kappa shape index (κ1) is 31.9. The minimum atomic E-state index is -4.34. The number of carboxylic acid groups (broad SMARTS) is 1. The van der Waals surface area contributed by atoms with Crippen LogP contribution in [0.15, 0.2) is 66.7 Å². The summed E-state index contributed by atoms with van der Waals surface area (Å²) in [5.41, 5.74) is 12.9. The van der Waals surface area contributed by atoms with Gasteiger partial charge < -0.3 is 26.0 Å². The number of carbonyl (C=O) groups excluding carboxylic acids is 1. The minimum Gasteiger partial charge on any atom is -0.478 e. The first-order valence-electron chi connectivity index (χ1n) is 12.8. The molecule has 1 unspecified atom stereocenters. The van der Waals surface area contributed by atoms with Gasteiger partial charge >= 0.3 is 24.2 Å². The Bertz CT molecular complexity index is 1400. The average Bonchev–Trinajstić information content (AvgIpc) is 2.92. The number of alkyl halides is 5. The molecule has 7 nitrogen and oxygen atoms in total. The number of carboxylic acids is 1. The molecule has 0 aromatic heterocycles. The molecule has 5 N–H and O–H groups in total. The van der Waals surface area contributed by atoms with Crippen molar-refractivity contribution in [1.29, 1.82) is 0 Å². The van der Waals surface area contributed by atoms with Crippen LogP contribution in [-0.4, -0.2) is 29.3 Å². The highest BCUT2D eigenvalue weighted by atomic mass is 19.4. The number of nitrogen functional groups attached to an aromatic ring is 2. The summed E-state index contributed by atoms with van der Waals surface area (Å²) in [6.07, 6.45) is -6.86. The molecule has 42 heavy (non-hydrogen) atoms. The number of aromatic carboxylic acids is 1. The topological polar surface area (TPSA) is 125 Å². The molecule has 0 aliphatic carbocycles. The molecule has 0 fully saturated rings. The van der Waals surface area contributed by atoms with Gasteiger partial charge in [-0.25, -0.2) is 9.59 Å². The van der Waals surface area contributed by atoms with E-state index in [1.54, 1.807) is 6.92 Å². The van der Waals surface area contributed by atoms with Gasteiger partial charge in [0.2, 0.25) is 0 Å². The van der Waals surface area contributed by atoms with Crippen LogP contribution in [0.4, 0.5) is 33.3 Å². The van der Waals surface area contributed by atoms with Gasteiger partial charge in [0, 0.05) is 35.9 Å². The van der Waals surface area contributed by atoms with E-state index in [0.717, 1.165) is 18.2 Å². The molecule has 0 amide bonds. The van der Waals surface area contributed by atoms with Gasteiger partial charge in [-0.3, -0.25) is 0 Å². The van der Waals surface area contributed by atoms with Crippen LogP contribution in [0.3, 0.4) is 0 Å². The number of ether oxygens (including phenoxy) is 2. The van der Waals surface area contributed by atoms with Gasteiger partial charge in [-0.15, -0.1) is 0 Å². The number of rotatable bonds is 12. The van der Waals surface area contributed by atoms with Crippen molar-refractivity contribution < 1.29 is 46.1 Å². The summed E-state index contributed by atoms with van der Waals surface area (Å²) >= 11 is 0. The van der Waals surface area contributed by atoms with Gasteiger partial charge in [0.15, 0.2) is 0 Å². The molecule has 0 heterocycles. The van der Waals surface area contributed by atoms with Crippen LogP contribution in [-0.2, 0) is 28.5 Å². The zero-order valence-corrected chi connectivity index (χ0v) is 22.5. The second-order valence-electron chi connectivity index (χ2n) is 9.44. The molecule has 3 aromatic carbocycles. The highest BCUT2D eigenvalue weighted by Crippen LogP contribution is 2.32. The maximum Gasteiger partial charge on any atom is 0.426 e. The Morgan fingerprint density at radius 2 is 1.55 bits per heavy atom. The number of carbonyl (C=O) groups is 2. The number of hydrogen-bond donors (Lipinski definition) is 3. The van der Waals surface area contributed by atoms with Crippen molar-refractivity contribution in [3.8, 4) is 5.75 Å². The van der Waals surface area contributed by atoms with Crippen LogP contribution in [0.5, 0.6) is 5.75 Å². The highest BCUT2D eigenvalue weighted by Gasteiger charge is 2.34. The Morgan fingerprint density at radius 3 is 2.07 bits per heavy atom. The number of anilines is 2. The first-order valence-corrected chi connectivity index (χ1v) is 12.8. The lowest BCUT2D eigenvalue weighted by atomic mass is 10.00. The lowest BCUT2D eigenvalue weighted by Crippen LogP contribution is -2.21. The monoisotopic (exact) mass is 592 g/mol. The zero-order chi connectivity index (χ0) is 31.1. The van der Waals surface area contributed by atoms with E-state index in [4.69, 9.17) is 26.0 Å². The Balaban J connectivity index is 1.57. The molecule has 0 saturated heterocycles. The largest absolute Gasteiger partial charge is 0.478 e. The van der Waals surface area contributed by atoms with Crippen molar-refractivity contribution in [2.45, 2.75) is 51.0 Å². The smallest absolute Gasteiger partial charge is 0.426 e. The van der Waals surface area contributed by atoms with E-state index < -0.39 is 42.3 Å². The number of benzene rings is 3. The molecule has 0 saturated carbocycles. The fraction of sp³-hybridized carbons (Fsp3) is 0.267. The van der Waals surface area contributed by atoms with Gasteiger partial charge in [-0.1, -0.05) is 31.2 Å². The van der Waals surface area contributed by atoms with Gasteiger partial charge in [-0.05, 0) is 66.4 Å². The first-order chi connectivity index (χ1) is 19.7. The van der Waals surface area contributed by atoms with Crippen molar-refractivity contribution in [1.82, 2.24) is 0 Å². The lowest BCUT2D eigenvalue weighted by Gasteiger charge is -2.19. The number of esters is 1. The minimum absolute atomic E-state index is 0.0566. The standard InChI is InChI=1S/C30H29F5N2O5/c1-2-22(17-24-25(36)15-20(28(39)40)16-26(24)37)41-27(38)12-7-18-5-10-23(11-6-18)42-30(34,35)21-8-3-19(4-9-21)13-14-29(31,32)33/h3-12,15-16,22H,2,13-14,17,36-37H2,1H3,(H,39,40). The van der Waals surface area contributed by atoms with Crippen molar-refractivity contribution in [2.24, 2.45) is 0 Å². The van der Waals surface area contributed by atoms with Crippen LogP contribution in [0.25, 0.3) is 6.08 Å². The maximum atomic E-state index is 14.6. The fourth-order valence-electron chi connectivity index (χ4n) is 3.95. The van der Waals surface area contributed by atoms with Gasteiger partial charge in [0.25, 0.3) is 0 Å². The van der Waals surface area contributed by atoms with Crippen LogP contribution in [0.2, 0.25) is 0 Å². The van der Waals surface area contributed by atoms with E-state index >= 15 is 0 Å². The van der Waals surface area contributed by atoms with Crippen molar-refractivity contribution in [3.63, 3.8) is 0 Å². The van der Waals surface area contributed by atoms with E-state index in [1.807, 2.05) is 0 Å². The second kappa shape index (κ2) is 13.4. The second-order valence-corrected chi connectivity index (χ2v) is 9.44. The SMILES string of the molecule is CCC(Cc1c(N)cc(C(=O)O)cc1N)OC(=O)C=Cc1ccc(OC(F)(F)c2ccc(CCC(F)(F)F)cc2)cc1. The highest BCUT2D eigenvalue weighted by molar-refractivity contribution is 5.91. The third-order valence-corrected chi connectivity index (χ3v) is 6.26. The predicted molar refractivity (Wildman–Crippen MR) is 147 cm³/mol. The molecule has 0 bridgehead atoms. The van der Waals surface area contributed by atoms with E-state index in [0.29, 0.717) is 17.5 Å². The summed E-state index contributed by atoms with van der Waals surface area (Å²) in [6, 6.07) is 12.4. The van der Waals surface area contributed by atoms with Crippen molar-refractivity contribution in [3.05, 3.63) is 94.6 Å². The van der Waals surface area contributed by atoms with Crippen molar-refractivity contribution >= 4 is 29.4 Å². The molecule has 3 rings (SSSR count).